The molecule has 1 aromatic carbocycles. The molecule has 7 heteroatoms. The van der Waals surface area contributed by atoms with Gasteiger partial charge in [-0.25, -0.2) is 9.07 Å². The number of carbonyl (C=O) groups excluding carboxylic acids is 1. The Hall–Kier alpha value is -2.70. The molecular formula is C16H18FN3O3. The number of aryl methyl sites for hydroxylation is 1. The van der Waals surface area contributed by atoms with Crippen molar-refractivity contribution in [1.29, 1.82) is 0 Å². The van der Waals surface area contributed by atoms with Gasteiger partial charge in [-0.15, -0.1) is 0 Å². The monoisotopic (exact) mass is 319 g/mol. The van der Waals surface area contributed by atoms with E-state index in [4.69, 9.17) is 4.74 Å². The molecule has 0 saturated heterocycles. The highest BCUT2D eigenvalue weighted by Crippen LogP contribution is 2.13. The van der Waals surface area contributed by atoms with Gasteiger partial charge in [0.25, 0.3) is 11.5 Å². The van der Waals surface area contributed by atoms with E-state index in [1.54, 1.807) is 0 Å². The van der Waals surface area contributed by atoms with Crippen molar-refractivity contribution in [2.45, 2.75) is 20.0 Å². The van der Waals surface area contributed by atoms with Gasteiger partial charge in [0, 0.05) is 12.6 Å². The van der Waals surface area contributed by atoms with Crippen molar-refractivity contribution in [1.82, 2.24) is 15.1 Å². The third-order valence-corrected chi connectivity index (χ3v) is 3.06. The van der Waals surface area contributed by atoms with E-state index in [9.17, 15) is 14.0 Å². The molecule has 0 unspecified atom stereocenters. The highest BCUT2D eigenvalue weighted by molar-refractivity contribution is 5.91. The molecule has 2 aromatic rings. The molecule has 6 nitrogen and oxygen atoms in total. The van der Waals surface area contributed by atoms with Crippen LogP contribution in [0, 0.1) is 0 Å². The molecule has 0 saturated carbocycles. The summed E-state index contributed by atoms with van der Waals surface area (Å²) >= 11 is 0. The van der Waals surface area contributed by atoms with E-state index in [-0.39, 0.29) is 12.2 Å². The van der Waals surface area contributed by atoms with Crippen molar-refractivity contribution < 1.29 is 13.9 Å². The number of amides is 1. The third kappa shape index (κ3) is 4.64. The second kappa shape index (κ2) is 8.07. The number of rotatable bonds is 7. The van der Waals surface area contributed by atoms with Crippen LogP contribution in [0.4, 0.5) is 4.39 Å². The summed E-state index contributed by atoms with van der Waals surface area (Å²) in [5.74, 6) is 0.299. The molecule has 122 valence electrons. The Labute approximate surface area is 132 Å². The van der Waals surface area contributed by atoms with Gasteiger partial charge in [0.15, 0.2) is 0 Å². The fourth-order valence-electron chi connectivity index (χ4n) is 2.00. The third-order valence-electron chi connectivity index (χ3n) is 3.06. The summed E-state index contributed by atoms with van der Waals surface area (Å²) in [4.78, 5) is 23.5. The van der Waals surface area contributed by atoms with Crippen LogP contribution < -0.4 is 15.6 Å². The maximum atomic E-state index is 12.3. The molecule has 0 aliphatic carbocycles. The number of nitrogens with zero attached hydrogens (tertiary/aromatic N) is 2. The molecule has 2 rings (SSSR count). The van der Waals surface area contributed by atoms with Crippen molar-refractivity contribution >= 4 is 5.91 Å². The number of nitrogens with one attached hydrogen (secondary N) is 1. The van der Waals surface area contributed by atoms with Gasteiger partial charge in [0.05, 0.1) is 13.2 Å². The van der Waals surface area contributed by atoms with Crippen LogP contribution in [-0.2, 0) is 13.1 Å². The normalized spacial score (nSPS) is 10.3. The predicted molar refractivity (Wildman–Crippen MR) is 83.3 cm³/mol. The Morgan fingerprint density at radius 3 is 2.91 bits per heavy atom. The summed E-state index contributed by atoms with van der Waals surface area (Å²) in [6.45, 7) is 1.87. The van der Waals surface area contributed by atoms with Crippen LogP contribution in [-0.4, -0.2) is 29.0 Å². The molecule has 0 atom stereocenters. The Bertz CT molecular complexity index is 731. The standard InChI is InChI=1S/C16H18FN3O3/c1-2-23-13-5-3-4-12(10-13)11-18-16(22)14-6-7-15(21)20(19-14)9-8-17/h3-7,10H,2,8-9,11H2,1H3,(H,18,22). The van der Waals surface area contributed by atoms with Gasteiger partial charge in [-0.2, -0.15) is 5.10 Å². The van der Waals surface area contributed by atoms with Crippen LogP contribution in [0.1, 0.15) is 23.0 Å². The first-order valence-electron chi connectivity index (χ1n) is 7.28. The molecule has 1 amide bonds. The molecule has 0 aliphatic heterocycles. The van der Waals surface area contributed by atoms with Crippen LogP contribution in [0.25, 0.3) is 0 Å². The lowest BCUT2D eigenvalue weighted by atomic mass is 10.2. The first kappa shape index (κ1) is 16.7. The average Bonchev–Trinajstić information content (AvgIpc) is 2.55. The highest BCUT2D eigenvalue weighted by atomic mass is 19.1. The zero-order chi connectivity index (χ0) is 16.7. The second-order valence-corrected chi connectivity index (χ2v) is 4.73. The number of benzene rings is 1. The van der Waals surface area contributed by atoms with E-state index in [2.05, 4.69) is 10.4 Å². The fourth-order valence-corrected chi connectivity index (χ4v) is 2.00. The molecule has 0 aliphatic rings. The smallest absolute Gasteiger partial charge is 0.271 e. The Morgan fingerprint density at radius 1 is 1.35 bits per heavy atom. The quantitative estimate of drug-likeness (QED) is 0.840. The number of aromatic nitrogens is 2. The van der Waals surface area contributed by atoms with E-state index in [0.717, 1.165) is 16.0 Å². The maximum absolute atomic E-state index is 12.3. The van der Waals surface area contributed by atoms with E-state index < -0.39 is 18.1 Å². The lowest BCUT2D eigenvalue weighted by Crippen LogP contribution is -2.29. The van der Waals surface area contributed by atoms with Crippen molar-refractivity contribution in [3.05, 3.63) is 58.0 Å². The minimum absolute atomic E-state index is 0.0685. The maximum Gasteiger partial charge on any atom is 0.271 e. The number of alkyl halides is 1. The number of ether oxygens (including phenoxy) is 1. The van der Waals surface area contributed by atoms with Crippen molar-refractivity contribution in [3.63, 3.8) is 0 Å². The van der Waals surface area contributed by atoms with Crippen LogP contribution in [0.5, 0.6) is 5.75 Å². The molecule has 0 fully saturated rings. The molecule has 0 radical (unpaired) electrons. The predicted octanol–water partition coefficient (Wildman–Crippen LogP) is 1.54. The first-order valence-corrected chi connectivity index (χ1v) is 7.28. The van der Waals surface area contributed by atoms with Gasteiger partial charge >= 0.3 is 0 Å². The average molecular weight is 319 g/mol. The summed E-state index contributed by atoms with van der Waals surface area (Å²) < 4.78 is 18.7. The largest absolute Gasteiger partial charge is 0.494 e. The fraction of sp³-hybridized carbons (Fsp3) is 0.312. The lowest BCUT2D eigenvalue weighted by Gasteiger charge is -2.08. The van der Waals surface area contributed by atoms with Crippen molar-refractivity contribution in [2.75, 3.05) is 13.3 Å². The van der Waals surface area contributed by atoms with E-state index >= 15 is 0 Å². The minimum Gasteiger partial charge on any atom is -0.494 e. The number of carbonyl (C=O) groups is 1. The number of hydrogen-bond acceptors (Lipinski definition) is 4. The van der Waals surface area contributed by atoms with E-state index in [1.165, 1.54) is 12.1 Å². The Balaban J connectivity index is 2.03. The Kier molecular flexibility index (Phi) is 5.85. The van der Waals surface area contributed by atoms with Crippen LogP contribution in [0.15, 0.2) is 41.2 Å². The van der Waals surface area contributed by atoms with E-state index in [0.29, 0.717) is 13.2 Å². The molecule has 1 aromatic heterocycles. The van der Waals surface area contributed by atoms with Crippen molar-refractivity contribution in [3.8, 4) is 5.75 Å². The van der Waals surface area contributed by atoms with Gasteiger partial charge < -0.3 is 10.1 Å². The number of hydrogen-bond donors (Lipinski definition) is 1. The first-order chi connectivity index (χ1) is 11.1. The molecule has 1 N–H and O–H groups in total. The van der Waals surface area contributed by atoms with Gasteiger partial charge in [-0.1, -0.05) is 12.1 Å². The zero-order valence-corrected chi connectivity index (χ0v) is 12.8. The zero-order valence-electron chi connectivity index (χ0n) is 12.8. The van der Waals surface area contributed by atoms with Gasteiger partial charge in [-0.3, -0.25) is 9.59 Å². The number of halogens is 1. The molecule has 23 heavy (non-hydrogen) atoms. The summed E-state index contributed by atoms with van der Waals surface area (Å²) in [7, 11) is 0. The molecule has 1 heterocycles. The summed E-state index contributed by atoms with van der Waals surface area (Å²) in [6, 6.07) is 9.90. The second-order valence-electron chi connectivity index (χ2n) is 4.73. The summed E-state index contributed by atoms with van der Waals surface area (Å²) in [6.07, 6.45) is 0. The molecular weight excluding hydrogens is 301 g/mol. The van der Waals surface area contributed by atoms with Crippen molar-refractivity contribution in [2.24, 2.45) is 0 Å². The lowest BCUT2D eigenvalue weighted by molar-refractivity contribution is 0.0943. The highest BCUT2D eigenvalue weighted by Gasteiger charge is 2.09. The minimum atomic E-state index is -0.720. The summed E-state index contributed by atoms with van der Waals surface area (Å²) in [5.41, 5.74) is 0.504. The Morgan fingerprint density at radius 2 is 2.17 bits per heavy atom. The van der Waals surface area contributed by atoms with Gasteiger partial charge in [0.1, 0.15) is 18.1 Å². The van der Waals surface area contributed by atoms with Crippen LogP contribution >= 0.6 is 0 Å². The van der Waals surface area contributed by atoms with Gasteiger partial charge in [-0.05, 0) is 30.7 Å². The topological polar surface area (TPSA) is 73.2 Å². The SMILES string of the molecule is CCOc1cccc(CNC(=O)c2ccc(=O)n(CCF)n2)c1. The van der Waals surface area contributed by atoms with Crippen LogP contribution in [0.3, 0.4) is 0 Å². The summed E-state index contributed by atoms with van der Waals surface area (Å²) in [5, 5.41) is 6.56. The van der Waals surface area contributed by atoms with E-state index in [1.807, 2.05) is 31.2 Å². The van der Waals surface area contributed by atoms with Gasteiger partial charge in [0.2, 0.25) is 0 Å². The molecule has 0 bridgehead atoms. The molecule has 0 spiro atoms. The van der Waals surface area contributed by atoms with Crippen LogP contribution in [0.2, 0.25) is 0 Å².